The summed E-state index contributed by atoms with van der Waals surface area (Å²) in [4.78, 5) is 76.6. The summed E-state index contributed by atoms with van der Waals surface area (Å²) < 4.78 is 14.9. The summed E-state index contributed by atoms with van der Waals surface area (Å²) in [6, 6.07) is 0.249. The predicted molar refractivity (Wildman–Crippen MR) is 131 cm³/mol. The number of ether oxygens (including phenoxy) is 2. The number of carbonyl (C=O) groups excluding carboxylic acids is 4. The number of aliphatic carboxylic acids is 2. The number of hydrogen-bond acceptors (Lipinski definition) is 13. The third-order valence-corrected chi connectivity index (χ3v) is 6.68. The van der Waals surface area contributed by atoms with Gasteiger partial charge in [-0.15, -0.1) is 11.8 Å². The lowest BCUT2D eigenvalue weighted by molar-refractivity contribution is -0.150. The van der Waals surface area contributed by atoms with Crippen LogP contribution in [0.1, 0.15) is 11.5 Å². The minimum Gasteiger partial charge on any atom is -0.480 e. The number of primary amides is 1. The molecule has 0 bridgehead atoms. The number of carbonyl (C=O) groups is 6. The van der Waals surface area contributed by atoms with Gasteiger partial charge in [-0.2, -0.15) is 0 Å². The first-order valence-electron chi connectivity index (χ1n) is 11.2. The highest BCUT2D eigenvalue weighted by Gasteiger charge is 2.54. The van der Waals surface area contributed by atoms with Gasteiger partial charge >= 0.3 is 24.1 Å². The zero-order valence-electron chi connectivity index (χ0n) is 20.6. The molecular weight excluding hydrogens is 560 g/mol. The van der Waals surface area contributed by atoms with Crippen LogP contribution in [-0.2, 0) is 40.0 Å². The molecule has 0 saturated carbocycles. The van der Waals surface area contributed by atoms with Gasteiger partial charge in [-0.05, 0) is 12.1 Å². The molecule has 2 aliphatic heterocycles. The average Bonchev–Trinajstić information content (AvgIpc) is 3.38. The molecule has 2 aliphatic rings. The first-order valence-corrected chi connectivity index (χ1v) is 12.2. The standard InChI is InChI=1S/C21H24N6O12S/c1-36-26-12(11-3-2-9(39-11)4-24-21(35)38-6-10(22)18(30)31)15(28)25-13-16(29)27-14(19(32)33)8(5-37-20(23)34)7-40-17(13)27/h2-3,10,13,17H,4-7,22H2,1H3,(H2,23,34)(H,24,35)(H,25,28)(H,30,31)(H,32,33)/t10-,13-,17+/m1/s1. The molecule has 3 rings (SSSR count). The SMILES string of the molecule is CON=C(C(=O)N[C@@H]1C(=O)N2C(C(=O)O)=C(COC(N)=O)CS[C@@H]12)c1ccc(CNC(=O)OC[C@@H](N)C(=O)O)o1. The largest absolute Gasteiger partial charge is 0.480 e. The number of nitrogens with zero attached hydrogens (tertiary/aromatic N) is 2. The van der Waals surface area contributed by atoms with Gasteiger partial charge in [-0.25, -0.2) is 14.4 Å². The van der Waals surface area contributed by atoms with Gasteiger partial charge in [0.2, 0.25) is 5.71 Å². The third kappa shape index (κ3) is 6.80. The number of oxime groups is 1. The number of furan rings is 1. The molecule has 4 amide bonds. The Hall–Kier alpha value is -4.78. The van der Waals surface area contributed by atoms with E-state index in [0.29, 0.717) is 0 Å². The van der Waals surface area contributed by atoms with Crippen LogP contribution in [-0.4, -0.2) is 100 Å². The number of fused-ring (bicyclic) bond motifs is 1. The van der Waals surface area contributed by atoms with Crippen molar-refractivity contribution in [3.8, 4) is 0 Å². The van der Waals surface area contributed by atoms with Crippen molar-refractivity contribution in [3.63, 3.8) is 0 Å². The number of alkyl carbamates (subject to hydrolysis) is 1. The van der Waals surface area contributed by atoms with Crippen molar-refractivity contribution in [1.29, 1.82) is 0 Å². The van der Waals surface area contributed by atoms with Gasteiger partial charge in [0.25, 0.3) is 11.8 Å². The Bertz CT molecular complexity index is 1280. The zero-order valence-corrected chi connectivity index (χ0v) is 21.5. The molecule has 3 atom stereocenters. The van der Waals surface area contributed by atoms with Gasteiger partial charge in [-0.3, -0.25) is 19.3 Å². The minimum atomic E-state index is -1.42. The van der Waals surface area contributed by atoms with Crippen LogP contribution in [0.4, 0.5) is 9.59 Å². The fourth-order valence-electron chi connectivity index (χ4n) is 3.50. The minimum absolute atomic E-state index is 0.0886. The van der Waals surface area contributed by atoms with E-state index in [2.05, 4.69) is 25.3 Å². The Morgan fingerprint density at radius 2 is 1.98 bits per heavy atom. The number of hydrogen-bond donors (Lipinski definition) is 6. The molecule has 19 heteroatoms. The average molecular weight is 585 g/mol. The molecule has 0 unspecified atom stereocenters. The van der Waals surface area contributed by atoms with Crippen LogP contribution >= 0.6 is 11.8 Å². The van der Waals surface area contributed by atoms with E-state index in [1.54, 1.807) is 0 Å². The lowest BCUT2D eigenvalue weighted by Gasteiger charge is -2.49. The quantitative estimate of drug-likeness (QED) is 0.0890. The molecule has 1 fully saturated rings. The molecule has 3 heterocycles. The van der Waals surface area contributed by atoms with Gasteiger partial charge in [0.1, 0.15) is 49.2 Å². The highest BCUT2D eigenvalue weighted by Crippen LogP contribution is 2.40. The Labute approximate surface area is 228 Å². The Kier molecular flexibility index (Phi) is 9.56. The van der Waals surface area contributed by atoms with Gasteiger partial charge in [0.05, 0.1) is 6.54 Å². The normalized spacial score (nSPS) is 19.1. The molecule has 8 N–H and O–H groups in total. The van der Waals surface area contributed by atoms with E-state index in [-0.39, 0.29) is 40.8 Å². The first-order chi connectivity index (χ1) is 18.9. The summed E-state index contributed by atoms with van der Waals surface area (Å²) in [6.07, 6.45) is -2.07. The van der Waals surface area contributed by atoms with Crippen molar-refractivity contribution in [1.82, 2.24) is 15.5 Å². The summed E-state index contributed by atoms with van der Waals surface area (Å²) in [5.41, 5.74) is 9.62. The van der Waals surface area contributed by atoms with Crippen molar-refractivity contribution in [2.75, 3.05) is 26.1 Å². The molecule has 0 aromatic carbocycles. The van der Waals surface area contributed by atoms with Crippen molar-refractivity contribution in [3.05, 3.63) is 34.9 Å². The summed E-state index contributed by atoms with van der Waals surface area (Å²) >= 11 is 1.14. The number of rotatable bonds is 12. The molecule has 18 nitrogen and oxygen atoms in total. The maximum Gasteiger partial charge on any atom is 0.407 e. The highest BCUT2D eigenvalue weighted by molar-refractivity contribution is 8.00. The molecular formula is C21H24N6O12S. The lowest BCUT2D eigenvalue weighted by atomic mass is 10.0. The summed E-state index contributed by atoms with van der Waals surface area (Å²) in [6.45, 7) is -1.17. The Morgan fingerprint density at radius 3 is 2.60 bits per heavy atom. The Balaban J connectivity index is 1.63. The van der Waals surface area contributed by atoms with Crippen LogP contribution in [0.5, 0.6) is 0 Å². The fraction of sp³-hybridized carbons (Fsp3) is 0.381. The maximum atomic E-state index is 13.0. The van der Waals surface area contributed by atoms with Crippen molar-refractivity contribution >= 4 is 53.4 Å². The zero-order chi connectivity index (χ0) is 29.6. The highest BCUT2D eigenvalue weighted by atomic mass is 32.2. The van der Waals surface area contributed by atoms with E-state index in [4.69, 9.17) is 25.8 Å². The molecule has 1 aromatic rings. The second kappa shape index (κ2) is 12.8. The molecule has 0 aliphatic carbocycles. The fourth-order valence-corrected chi connectivity index (χ4v) is 4.83. The molecule has 0 spiro atoms. The van der Waals surface area contributed by atoms with E-state index in [0.717, 1.165) is 16.7 Å². The van der Waals surface area contributed by atoms with Gasteiger partial charge in [0.15, 0.2) is 5.76 Å². The summed E-state index contributed by atoms with van der Waals surface area (Å²) in [5.74, 6) is -4.20. The smallest absolute Gasteiger partial charge is 0.407 e. The van der Waals surface area contributed by atoms with Crippen LogP contribution in [0.25, 0.3) is 0 Å². The van der Waals surface area contributed by atoms with Crippen LogP contribution in [0.3, 0.4) is 0 Å². The number of carboxylic acid groups (broad SMARTS) is 2. The second-order valence-corrected chi connectivity index (χ2v) is 9.12. The number of nitrogens with two attached hydrogens (primary N) is 2. The van der Waals surface area contributed by atoms with Crippen LogP contribution < -0.4 is 22.1 Å². The molecule has 1 saturated heterocycles. The van der Waals surface area contributed by atoms with Gasteiger partial charge in [0, 0.05) is 11.3 Å². The number of β-lactam (4-membered cyclic amide) rings is 1. The van der Waals surface area contributed by atoms with E-state index < -0.39 is 66.6 Å². The summed E-state index contributed by atoms with van der Waals surface area (Å²) in [5, 5.41) is 26.0. The number of nitrogens with one attached hydrogen (secondary N) is 2. The molecule has 0 radical (unpaired) electrons. The topological polar surface area (TPSA) is 275 Å². The molecule has 40 heavy (non-hydrogen) atoms. The first kappa shape index (κ1) is 29.8. The maximum absolute atomic E-state index is 13.0. The molecule has 216 valence electrons. The number of thioether (sulfide) groups is 1. The number of carboxylic acids is 2. The monoisotopic (exact) mass is 584 g/mol. The number of amides is 4. The lowest BCUT2D eigenvalue weighted by Crippen LogP contribution is -2.71. The van der Waals surface area contributed by atoms with E-state index in [1.807, 2.05) is 0 Å². The second-order valence-electron chi connectivity index (χ2n) is 8.01. The van der Waals surface area contributed by atoms with Crippen molar-refractivity contribution < 1.29 is 57.7 Å². The van der Waals surface area contributed by atoms with Gasteiger partial charge < -0.3 is 51.0 Å². The van der Waals surface area contributed by atoms with Crippen LogP contribution in [0.2, 0.25) is 0 Å². The van der Waals surface area contributed by atoms with E-state index >= 15 is 0 Å². The third-order valence-electron chi connectivity index (χ3n) is 5.34. The Morgan fingerprint density at radius 1 is 1.25 bits per heavy atom. The van der Waals surface area contributed by atoms with Crippen LogP contribution in [0, 0.1) is 0 Å². The van der Waals surface area contributed by atoms with E-state index in [9.17, 15) is 33.9 Å². The van der Waals surface area contributed by atoms with Crippen molar-refractivity contribution in [2.24, 2.45) is 16.6 Å². The summed E-state index contributed by atoms with van der Waals surface area (Å²) in [7, 11) is 1.17. The van der Waals surface area contributed by atoms with Gasteiger partial charge in [-0.1, -0.05) is 5.16 Å². The van der Waals surface area contributed by atoms with Crippen LogP contribution in [0.15, 0.2) is 33.0 Å². The van der Waals surface area contributed by atoms with E-state index in [1.165, 1.54) is 19.2 Å². The van der Waals surface area contributed by atoms with Crippen molar-refractivity contribution in [2.45, 2.75) is 24.0 Å². The predicted octanol–water partition coefficient (Wildman–Crippen LogP) is -1.90. The molecule has 1 aromatic heterocycles.